The highest BCUT2D eigenvalue weighted by Gasteiger charge is 2.06. The Morgan fingerprint density at radius 1 is 1.64 bits per heavy atom. The van der Waals surface area contributed by atoms with Gasteiger partial charge in [0.25, 0.3) is 0 Å². The Bertz CT molecular complexity index is 391. The van der Waals surface area contributed by atoms with Gasteiger partial charge in [0.1, 0.15) is 6.61 Å². The lowest BCUT2D eigenvalue weighted by molar-refractivity contribution is 0.101. The average molecular weight is 192 g/mol. The predicted octanol–water partition coefficient (Wildman–Crippen LogP) is 2.04. The van der Waals surface area contributed by atoms with Crippen LogP contribution in [0.2, 0.25) is 0 Å². The van der Waals surface area contributed by atoms with Crippen molar-refractivity contribution in [2.24, 2.45) is 0 Å². The summed E-state index contributed by atoms with van der Waals surface area (Å²) in [6.07, 6.45) is 4.96. The van der Waals surface area contributed by atoms with Crippen LogP contribution >= 0.6 is 0 Å². The number of Topliss-reactive ketones (excluding diaryl/α,β-unsaturated/α-hetero) is 1. The van der Waals surface area contributed by atoms with Crippen molar-refractivity contribution in [2.45, 2.75) is 6.92 Å². The fourth-order valence-corrected chi connectivity index (χ4v) is 0.952. The molecule has 0 N–H and O–H groups in total. The van der Waals surface area contributed by atoms with Gasteiger partial charge in [0, 0.05) is 5.56 Å². The SMILES string of the molecule is C#CCOc1cc(C(C)=O)ccc1F. The van der Waals surface area contributed by atoms with Gasteiger partial charge >= 0.3 is 0 Å². The molecule has 0 saturated heterocycles. The maximum atomic E-state index is 13.1. The number of carbonyl (C=O) groups is 1. The molecule has 1 aromatic carbocycles. The lowest BCUT2D eigenvalue weighted by Gasteiger charge is -2.04. The van der Waals surface area contributed by atoms with Crippen LogP contribution in [0.25, 0.3) is 0 Å². The molecule has 1 rings (SSSR count). The minimum atomic E-state index is -0.523. The van der Waals surface area contributed by atoms with Crippen molar-refractivity contribution in [3.8, 4) is 18.1 Å². The van der Waals surface area contributed by atoms with Crippen molar-refractivity contribution in [3.63, 3.8) is 0 Å². The summed E-state index contributed by atoms with van der Waals surface area (Å²) in [5.41, 5.74) is 0.401. The van der Waals surface area contributed by atoms with Crippen LogP contribution in [-0.2, 0) is 0 Å². The van der Waals surface area contributed by atoms with Gasteiger partial charge in [0.2, 0.25) is 0 Å². The summed E-state index contributed by atoms with van der Waals surface area (Å²) in [5, 5.41) is 0. The van der Waals surface area contributed by atoms with E-state index in [9.17, 15) is 9.18 Å². The molecule has 3 heteroatoms. The summed E-state index contributed by atoms with van der Waals surface area (Å²) in [6.45, 7) is 1.39. The molecule has 72 valence electrons. The molecule has 0 aliphatic heterocycles. The summed E-state index contributed by atoms with van der Waals surface area (Å²) in [5.74, 6) is 1.56. The lowest BCUT2D eigenvalue weighted by Crippen LogP contribution is -1.99. The molecule has 0 aromatic heterocycles. The quantitative estimate of drug-likeness (QED) is 0.541. The molecule has 2 nitrogen and oxygen atoms in total. The van der Waals surface area contributed by atoms with Crippen molar-refractivity contribution in [1.29, 1.82) is 0 Å². The molecule has 0 aliphatic rings. The van der Waals surface area contributed by atoms with Crippen LogP contribution in [0.3, 0.4) is 0 Å². The molecule has 0 bridgehead atoms. The second-order valence-corrected chi connectivity index (χ2v) is 2.69. The fraction of sp³-hybridized carbons (Fsp3) is 0.182. The smallest absolute Gasteiger partial charge is 0.165 e. The number of hydrogen-bond acceptors (Lipinski definition) is 2. The molecule has 0 heterocycles. The molecule has 0 atom stereocenters. The van der Waals surface area contributed by atoms with Crippen LogP contribution in [0.1, 0.15) is 17.3 Å². The first kappa shape index (κ1) is 10.3. The van der Waals surface area contributed by atoms with Crippen LogP contribution in [0.15, 0.2) is 18.2 Å². The molecule has 0 amide bonds. The molecule has 0 unspecified atom stereocenters. The Balaban J connectivity index is 2.97. The maximum absolute atomic E-state index is 13.1. The van der Waals surface area contributed by atoms with Gasteiger partial charge in [0.15, 0.2) is 17.3 Å². The fourth-order valence-electron chi connectivity index (χ4n) is 0.952. The molecule has 14 heavy (non-hydrogen) atoms. The molecule has 0 spiro atoms. The van der Waals surface area contributed by atoms with Crippen LogP contribution < -0.4 is 4.74 Å². The van der Waals surface area contributed by atoms with Gasteiger partial charge < -0.3 is 4.74 Å². The van der Waals surface area contributed by atoms with Gasteiger partial charge in [-0.15, -0.1) is 6.42 Å². The van der Waals surface area contributed by atoms with Crippen molar-refractivity contribution >= 4 is 5.78 Å². The number of benzene rings is 1. The van der Waals surface area contributed by atoms with Gasteiger partial charge in [-0.1, -0.05) is 5.92 Å². The monoisotopic (exact) mass is 192 g/mol. The van der Waals surface area contributed by atoms with Gasteiger partial charge in [-0.25, -0.2) is 4.39 Å². The molecule has 1 aromatic rings. The maximum Gasteiger partial charge on any atom is 0.165 e. The molecule has 0 fully saturated rings. The largest absolute Gasteiger partial charge is 0.478 e. The first-order valence-electron chi connectivity index (χ1n) is 4.02. The van der Waals surface area contributed by atoms with E-state index in [0.29, 0.717) is 5.56 Å². The molecule has 0 saturated carbocycles. The van der Waals surface area contributed by atoms with Gasteiger partial charge in [-0.05, 0) is 25.1 Å². The van der Waals surface area contributed by atoms with Crippen molar-refractivity contribution in [3.05, 3.63) is 29.6 Å². The summed E-state index contributed by atoms with van der Waals surface area (Å²) in [6, 6.07) is 3.93. The Kier molecular flexibility index (Phi) is 3.24. The molecule has 0 aliphatic carbocycles. The van der Waals surface area contributed by atoms with E-state index in [-0.39, 0.29) is 18.1 Å². The number of ether oxygens (including phenoxy) is 1. The second kappa shape index (κ2) is 4.43. The van der Waals surface area contributed by atoms with Gasteiger partial charge in [-0.2, -0.15) is 0 Å². The van der Waals surface area contributed by atoms with E-state index in [2.05, 4.69) is 5.92 Å². The van der Waals surface area contributed by atoms with Crippen molar-refractivity contribution < 1.29 is 13.9 Å². The van der Waals surface area contributed by atoms with E-state index < -0.39 is 5.82 Å². The third-order valence-electron chi connectivity index (χ3n) is 1.65. The number of ketones is 1. The molecular formula is C11H9FO2. The van der Waals surface area contributed by atoms with Crippen molar-refractivity contribution in [2.75, 3.05) is 6.61 Å². The predicted molar refractivity (Wildman–Crippen MR) is 50.7 cm³/mol. The van der Waals surface area contributed by atoms with Crippen LogP contribution in [0.4, 0.5) is 4.39 Å². The average Bonchev–Trinajstić information content (AvgIpc) is 2.16. The minimum Gasteiger partial charge on any atom is -0.478 e. The highest BCUT2D eigenvalue weighted by molar-refractivity contribution is 5.94. The van der Waals surface area contributed by atoms with E-state index in [4.69, 9.17) is 11.2 Å². The van der Waals surface area contributed by atoms with Crippen molar-refractivity contribution in [1.82, 2.24) is 0 Å². The van der Waals surface area contributed by atoms with Crippen LogP contribution in [0, 0.1) is 18.2 Å². The van der Waals surface area contributed by atoms with E-state index in [0.717, 1.165) is 0 Å². The summed E-state index contributed by atoms with van der Waals surface area (Å²) in [7, 11) is 0. The standard InChI is InChI=1S/C11H9FO2/c1-3-6-14-11-7-9(8(2)13)4-5-10(11)12/h1,4-5,7H,6H2,2H3. The first-order chi connectivity index (χ1) is 6.65. The van der Waals surface area contributed by atoms with Crippen LogP contribution in [0.5, 0.6) is 5.75 Å². The Morgan fingerprint density at radius 3 is 2.93 bits per heavy atom. The van der Waals surface area contributed by atoms with Gasteiger partial charge in [-0.3, -0.25) is 4.79 Å². The topological polar surface area (TPSA) is 26.3 Å². The third-order valence-corrected chi connectivity index (χ3v) is 1.65. The number of terminal acetylenes is 1. The normalized spacial score (nSPS) is 9.21. The Hall–Kier alpha value is -1.82. The number of rotatable bonds is 3. The zero-order valence-electron chi connectivity index (χ0n) is 7.71. The minimum absolute atomic E-state index is 0.00986. The van der Waals surface area contributed by atoms with E-state index >= 15 is 0 Å². The Labute approximate surface area is 81.7 Å². The summed E-state index contributed by atoms with van der Waals surface area (Å²) < 4.78 is 18.0. The zero-order chi connectivity index (χ0) is 10.6. The van der Waals surface area contributed by atoms with Crippen LogP contribution in [-0.4, -0.2) is 12.4 Å². The number of carbonyl (C=O) groups excluding carboxylic acids is 1. The molecular weight excluding hydrogens is 183 g/mol. The Morgan fingerprint density at radius 2 is 2.36 bits per heavy atom. The van der Waals surface area contributed by atoms with Gasteiger partial charge in [0.05, 0.1) is 0 Å². The zero-order valence-corrected chi connectivity index (χ0v) is 7.71. The number of hydrogen-bond donors (Lipinski definition) is 0. The third kappa shape index (κ3) is 2.33. The van der Waals surface area contributed by atoms with E-state index in [1.165, 1.54) is 25.1 Å². The first-order valence-corrected chi connectivity index (χ1v) is 4.02. The highest BCUT2D eigenvalue weighted by atomic mass is 19.1. The lowest BCUT2D eigenvalue weighted by atomic mass is 10.1. The number of halogens is 1. The van der Waals surface area contributed by atoms with E-state index in [1.807, 2.05) is 0 Å². The summed E-state index contributed by atoms with van der Waals surface area (Å²) in [4.78, 5) is 11.0. The second-order valence-electron chi connectivity index (χ2n) is 2.69. The summed E-state index contributed by atoms with van der Waals surface area (Å²) >= 11 is 0. The molecule has 0 radical (unpaired) electrons. The van der Waals surface area contributed by atoms with E-state index in [1.54, 1.807) is 0 Å². The highest BCUT2D eigenvalue weighted by Crippen LogP contribution is 2.18.